The van der Waals surface area contributed by atoms with Crippen LogP contribution in [0.5, 0.6) is 0 Å². The second kappa shape index (κ2) is 8.95. The van der Waals surface area contributed by atoms with Gasteiger partial charge in [-0.3, -0.25) is 14.5 Å². The zero-order chi connectivity index (χ0) is 15.0. The molecule has 1 aliphatic rings. The van der Waals surface area contributed by atoms with Crippen molar-refractivity contribution in [3.8, 4) is 0 Å². The van der Waals surface area contributed by atoms with Gasteiger partial charge in [-0.1, -0.05) is 33.1 Å². The molecule has 0 radical (unpaired) electrons. The van der Waals surface area contributed by atoms with Crippen molar-refractivity contribution in [3.05, 3.63) is 0 Å². The number of nitrogens with zero attached hydrogens (tertiary/aromatic N) is 1. The normalized spacial score (nSPS) is 16.6. The molecular weight excluding hydrogens is 256 g/mol. The molecule has 1 saturated carbocycles. The van der Waals surface area contributed by atoms with Crippen LogP contribution in [0, 0.1) is 5.92 Å². The third kappa shape index (κ3) is 7.48. The van der Waals surface area contributed by atoms with Crippen LogP contribution in [0.4, 0.5) is 0 Å². The van der Waals surface area contributed by atoms with Gasteiger partial charge in [-0.25, -0.2) is 0 Å². The predicted octanol–water partition coefficient (Wildman–Crippen LogP) is 1.87. The van der Waals surface area contributed by atoms with Crippen molar-refractivity contribution < 1.29 is 14.7 Å². The minimum Gasteiger partial charge on any atom is -0.480 e. The summed E-state index contributed by atoms with van der Waals surface area (Å²) in [6.45, 7) is 5.34. The van der Waals surface area contributed by atoms with Gasteiger partial charge in [0, 0.05) is 25.6 Å². The molecule has 0 bridgehead atoms. The summed E-state index contributed by atoms with van der Waals surface area (Å²) >= 11 is 0. The Morgan fingerprint density at radius 3 is 2.45 bits per heavy atom. The number of hydrogen-bond donors (Lipinski definition) is 2. The molecule has 0 aromatic carbocycles. The molecule has 1 fully saturated rings. The second-order valence-electron chi connectivity index (χ2n) is 6.18. The topological polar surface area (TPSA) is 69.6 Å². The van der Waals surface area contributed by atoms with Crippen LogP contribution in [0.25, 0.3) is 0 Å². The summed E-state index contributed by atoms with van der Waals surface area (Å²) in [7, 11) is 0. The van der Waals surface area contributed by atoms with Crippen LogP contribution in [-0.2, 0) is 9.59 Å². The smallest absolute Gasteiger partial charge is 0.317 e. The summed E-state index contributed by atoms with van der Waals surface area (Å²) in [5.74, 6) is -0.384. The average molecular weight is 284 g/mol. The zero-order valence-corrected chi connectivity index (χ0v) is 12.7. The number of carboxylic acid groups (broad SMARTS) is 1. The van der Waals surface area contributed by atoms with E-state index in [2.05, 4.69) is 19.2 Å². The number of aliphatic carboxylic acids is 1. The van der Waals surface area contributed by atoms with Crippen LogP contribution in [0.1, 0.15) is 52.4 Å². The summed E-state index contributed by atoms with van der Waals surface area (Å²) < 4.78 is 0. The molecule has 5 heteroatoms. The Hall–Kier alpha value is -1.10. The SMILES string of the molecule is CC(C)CN(CCC(=O)NC1CCCCC1)CC(=O)O. The van der Waals surface area contributed by atoms with Gasteiger partial charge in [0.05, 0.1) is 6.54 Å². The fourth-order valence-electron chi connectivity index (χ4n) is 2.75. The molecule has 1 rings (SSSR count). The Morgan fingerprint density at radius 1 is 1.25 bits per heavy atom. The van der Waals surface area contributed by atoms with E-state index in [1.165, 1.54) is 19.3 Å². The second-order valence-corrected chi connectivity index (χ2v) is 6.18. The average Bonchev–Trinajstić information content (AvgIpc) is 2.36. The van der Waals surface area contributed by atoms with Crippen molar-refractivity contribution in [2.24, 2.45) is 5.92 Å². The van der Waals surface area contributed by atoms with Gasteiger partial charge in [0.1, 0.15) is 0 Å². The number of amides is 1. The van der Waals surface area contributed by atoms with Crippen molar-refractivity contribution >= 4 is 11.9 Å². The summed E-state index contributed by atoms with van der Waals surface area (Å²) in [6, 6.07) is 0.328. The molecule has 0 heterocycles. The summed E-state index contributed by atoms with van der Waals surface area (Å²) in [4.78, 5) is 24.6. The zero-order valence-electron chi connectivity index (χ0n) is 12.7. The van der Waals surface area contributed by atoms with Gasteiger partial charge in [0.2, 0.25) is 5.91 Å². The largest absolute Gasteiger partial charge is 0.480 e. The number of carbonyl (C=O) groups excluding carboxylic acids is 1. The lowest BCUT2D eigenvalue weighted by atomic mass is 9.95. The first-order chi connectivity index (χ1) is 9.47. The van der Waals surface area contributed by atoms with Crippen molar-refractivity contribution in [1.29, 1.82) is 0 Å². The van der Waals surface area contributed by atoms with E-state index >= 15 is 0 Å². The van der Waals surface area contributed by atoms with E-state index in [0.29, 0.717) is 31.5 Å². The molecule has 5 nitrogen and oxygen atoms in total. The van der Waals surface area contributed by atoms with Gasteiger partial charge in [0.15, 0.2) is 0 Å². The van der Waals surface area contributed by atoms with Crippen LogP contribution in [0.15, 0.2) is 0 Å². The van der Waals surface area contributed by atoms with Crippen LogP contribution >= 0.6 is 0 Å². The minimum absolute atomic E-state index is 0.00882. The number of hydrogen-bond acceptors (Lipinski definition) is 3. The molecule has 116 valence electrons. The van der Waals surface area contributed by atoms with Gasteiger partial charge in [-0.15, -0.1) is 0 Å². The first kappa shape index (κ1) is 17.0. The molecule has 1 aliphatic carbocycles. The van der Waals surface area contributed by atoms with Gasteiger partial charge in [0.25, 0.3) is 0 Å². The maximum absolute atomic E-state index is 11.9. The highest BCUT2D eigenvalue weighted by Gasteiger charge is 2.17. The van der Waals surface area contributed by atoms with Crippen LogP contribution < -0.4 is 5.32 Å². The fraction of sp³-hybridized carbons (Fsp3) is 0.867. The summed E-state index contributed by atoms with van der Waals surface area (Å²) in [6.07, 6.45) is 6.21. The Morgan fingerprint density at radius 2 is 1.90 bits per heavy atom. The monoisotopic (exact) mass is 284 g/mol. The van der Waals surface area contributed by atoms with Gasteiger partial charge in [-0.05, 0) is 18.8 Å². The van der Waals surface area contributed by atoms with E-state index in [1.807, 2.05) is 4.90 Å². The molecule has 0 aromatic rings. The first-order valence-electron chi connectivity index (χ1n) is 7.71. The van der Waals surface area contributed by atoms with Crippen molar-refractivity contribution in [1.82, 2.24) is 10.2 Å². The number of nitrogens with one attached hydrogen (secondary N) is 1. The molecule has 0 spiro atoms. The van der Waals surface area contributed by atoms with Crippen LogP contribution in [-0.4, -0.2) is 47.6 Å². The van der Waals surface area contributed by atoms with Crippen molar-refractivity contribution in [2.45, 2.75) is 58.4 Å². The highest BCUT2D eigenvalue weighted by Crippen LogP contribution is 2.17. The first-order valence-corrected chi connectivity index (χ1v) is 7.71. The Labute approximate surface area is 121 Å². The van der Waals surface area contributed by atoms with Gasteiger partial charge < -0.3 is 10.4 Å². The molecule has 0 aromatic heterocycles. The third-order valence-corrected chi connectivity index (χ3v) is 3.61. The van der Waals surface area contributed by atoms with E-state index in [4.69, 9.17) is 5.11 Å². The number of rotatable bonds is 8. The minimum atomic E-state index is -0.835. The number of carbonyl (C=O) groups is 2. The van der Waals surface area contributed by atoms with E-state index in [0.717, 1.165) is 12.8 Å². The third-order valence-electron chi connectivity index (χ3n) is 3.61. The molecular formula is C15H28N2O3. The highest BCUT2D eigenvalue weighted by atomic mass is 16.4. The van der Waals surface area contributed by atoms with E-state index < -0.39 is 5.97 Å². The van der Waals surface area contributed by atoms with Crippen molar-refractivity contribution in [3.63, 3.8) is 0 Å². The highest BCUT2D eigenvalue weighted by molar-refractivity contribution is 5.76. The predicted molar refractivity (Wildman–Crippen MR) is 78.5 cm³/mol. The molecule has 0 atom stereocenters. The quantitative estimate of drug-likeness (QED) is 0.714. The van der Waals surface area contributed by atoms with Gasteiger partial charge in [-0.2, -0.15) is 0 Å². The molecule has 2 N–H and O–H groups in total. The Bertz CT molecular complexity index is 312. The fourth-order valence-corrected chi connectivity index (χ4v) is 2.75. The summed E-state index contributed by atoms with van der Waals surface area (Å²) in [5, 5.41) is 11.9. The van der Waals surface area contributed by atoms with Crippen LogP contribution in [0.2, 0.25) is 0 Å². The molecule has 0 aliphatic heterocycles. The Balaban J connectivity index is 2.29. The van der Waals surface area contributed by atoms with Crippen molar-refractivity contribution in [2.75, 3.05) is 19.6 Å². The lowest BCUT2D eigenvalue weighted by Crippen LogP contribution is -2.40. The Kier molecular flexibility index (Phi) is 7.59. The van der Waals surface area contributed by atoms with E-state index in [-0.39, 0.29) is 12.5 Å². The molecule has 1 amide bonds. The van der Waals surface area contributed by atoms with Crippen LogP contribution in [0.3, 0.4) is 0 Å². The van der Waals surface area contributed by atoms with E-state index in [1.54, 1.807) is 0 Å². The maximum atomic E-state index is 11.9. The molecule has 0 saturated heterocycles. The van der Waals surface area contributed by atoms with E-state index in [9.17, 15) is 9.59 Å². The standard InChI is InChI=1S/C15H28N2O3/c1-12(2)10-17(11-15(19)20)9-8-14(18)16-13-6-4-3-5-7-13/h12-13H,3-11H2,1-2H3,(H,16,18)(H,19,20). The van der Waals surface area contributed by atoms with Gasteiger partial charge >= 0.3 is 5.97 Å². The molecule has 0 unspecified atom stereocenters. The number of carboxylic acids is 1. The lowest BCUT2D eigenvalue weighted by molar-refractivity contribution is -0.138. The lowest BCUT2D eigenvalue weighted by Gasteiger charge is -2.25. The summed E-state index contributed by atoms with van der Waals surface area (Å²) in [5.41, 5.74) is 0. The maximum Gasteiger partial charge on any atom is 0.317 e. The molecule has 20 heavy (non-hydrogen) atoms.